The lowest BCUT2D eigenvalue weighted by atomic mass is 10.1. The van der Waals surface area contributed by atoms with Gasteiger partial charge in [-0.15, -0.1) is 0 Å². The van der Waals surface area contributed by atoms with Crippen molar-refractivity contribution >= 4 is 35.7 Å². The normalized spacial score (nSPS) is 17.6. The van der Waals surface area contributed by atoms with E-state index in [1.165, 1.54) is 0 Å². The second-order valence-electron chi connectivity index (χ2n) is 4.22. The van der Waals surface area contributed by atoms with Crippen LogP contribution in [-0.4, -0.2) is 19.9 Å². The van der Waals surface area contributed by atoms with Gasteiger partial charge in [-0.25, -0.2) is 0 Å². The van der Waals surface area contributed by atoms with Crippen LogP contribution in [0.2, 0.25) is 5.02 Å². The van der Waals surface area contributed by atoms with E-state index in [9.17, 15) is 5.11 Å². The fourth-order valence-corrected chi connectivity index (χ4v) is 2.44. The molecule has 2 aromatic rings. The summed E-state index contributed by atoms with van der Waals surface area (Å²) in [6.45, 7) is 1.91. The highest BCUT2D eigenvalue weighted by Gasteiger charge is 2.26. The molecule has 3 rings (SSSR count). The Kier molecular flexibility index (Phi) is 2.93. The Morgan fingerprint density at radius 2 is 2.21 bits per heavy atom. The van der Waals surface area contributed by atoms with Crippen LogP contribution in [0.15, 0.2) is 24.4 Å². The van der Waals surface area contributed by atoms with Crippen LogP contribution in [0.1, 0.15) is 17.6 Å². The number of aliphatic hydroxyl groups excluding tert-OH is 1. The molecule has 1 aliphatic rings. The molecule has 0 spiro atoms. The monoisotopic (exact) mass is 294 g/mol. The van der Waals surface area contributed by atoms with Gasteiger partial charge in [0.15, 0.2) is 16.8 Å². The van der Waals surface area contributed by atoms with Crippen molar-refractivity contribution in [2.75, 3.05) is 4.90 Å². The van der Waals surface area contributed by atoms with Gasteiger partial charge in [0, 0.05) is 23.1 Å². The molecule has 19 heavy (non-hydrogen) atoms. The first kappa shape index (κ1) is 12.4. The summed E-state index contributed by atoms with van der Waals surface area (Å²) in [7, 11) is 0. The van der Waals surface area contributed by atoms with Crippen LogP contribution >= 0.6 is 23.8 Å². The van der Waals surface area contributed by atoms with Gasteiger partial charge in [-0.2, -0.15) is 5.10 Å². The van der Waals surface area contributed by atoms with Gasteiger partial charge in [0.2, 0.25) is 0 Å². The molecule has 98 valence electrons. The third kappa shape index (κ3) is 1.88. The number of nitrogens with one attached hydrogen (secondary N) is 1. The predicted octanol–water partition coefficient (Wildman–Crippen LogP) is 2.84. The highest BCUT2D eigenvalue weighted by Crippen LogP contribution is 2.33. The predicted molar refractivity (Wildman–Crippen MR) is 76.4 cm³/mol. The first-order chi connectivity index (χ1) is 9.09. The minimum absolute atomic E-state index is 0.451. The summed E-state index contributed by atoms with van der Waals surface area (Å²) in [6.07, 6.45) is 2.60. The van der Waals surface area contributed by atoms with Crippen molar-refractivity contribution in [2.45, 2.75) is 13.2 Å². The molecule has 2 N–H and O–H groups in total. The van der Waals surface area contributed by atoms with Crippen molar-refractivity contribution in [1.29, 1.82) is 0 Å². The average Bonchev–Trinajstić information content (AvgIpc) is 2.77. The summed E-state index contributed by atoms with van der Waals surface area (Å²) in [4.78, 5) is 1.70. The van der Waals surface area contributed by atoms with Crippen LogP contribution < -0.4 is 4.90 Å². The molecule has 0 fully saturated rings. The number of H-pyrrole nitrogens is 1. The molecule has 1 aromatic carbocycles. The maximum Gasteiger partial charge on any atom is 0.199 e. The summed E-state index contributed by atoms with van der Waals surface area (Å²) in [5.74, 6) is 0.451. The van der Waals surface area contributed by atoms with Gasteiger partial charge >= 0.3 is 0 Å². The number of rotatable bonds is 1. The first-order valence-electron chi connectivity index (χ1n) is 5.66. The zero-order valence-corrected chi connectivity index (χ0v) is 11.6. The first-order valence-corrected chi connectivity index (χ1v) is 6.45. The van der Waals surface area contributed by atoms with Gasteiger partial charge < -0.3 is 10.0 Å². The van der Waals surface area contributed by atoms with Gasteiger partial charge in [-0.1, -0.05) is 17.7 Å². The molecule has 0 amide bonds. The number of fused-ring (bicyclic) bond motifs is 1. The Morgan fingerprint density at radius 3 is 3.00 bits per heavy atom. The van der Waals surface area contributed by atoms with E-state index in [4.69, 9.17) is 23.8 Å². The Labute approximate surface area is 119 Å². The molecule has 0 radical (unpaired) electrons. The van der Waals surface area contributed by atoms with Crippen molar-refractivity contribution in [3.63, 3.8) is 0 Å². The second-order valence-corrected chi connectivity index (χ2v) is 5.01. The van der Waals surface area contributed by atoms with Gasteiger partial charge in [0.1, 0.15) is 0 Å². The number of hydrogen-bond donors (Lipinski definition) is 2. The van der Waals surface area contributed by atoms with Gasteiger partial charge in [-0.05, 0) is 36.8 Å². The molecular formula is C12H11ClN4OS. The number of hydrogen-bond acceptors (Lipinski definition) is 4. The van der Waals surface area contributed by atoms with E-state index in [1.807, 2.05) is 25.1 Å². The van der Waals surface area contributed by atoms with Crippen LogP contribution in [0.25, 0.3) is 6.20 Å². The summed E-state index contributed by atoms with van der Waals surface area (Å²) < 4.78 is 2.09. The highest BCUT2D eigenvalue weighted by molar-refractivity contribution is 7.71. The molecule has 0 aliphatic carbocycles. The summed E-state index contributed by atoms with van der Waals surface area (Å²) in [5, 5.41) is 17.7. The molecule has 5 nitrogen and oxygen atoms in total. The Hall–Kier alpha value is -1.63. The lowest BCUT2D eigenvalue weighted by Gasteiger charge is -2.30. The number of anilines is 1. The van der Waals surface area contributed by atoms with Crippen LogP contribution in [-0.2, 0) is 0 Å². The molecule has 1 unspecified atom stereocenters. The maximum absolute atomic E-state index is 10.4. The van der Waals surface area contributed by atoms with Gasteiger partial charge in [0.25, 0.3) is 0 Å². The minimum Gasteiger partial charge on any atom is -0.366 e. The van der Waals surface area contributed by atoms with Crippen LogP contribution in [0.3, 0.4) is 0 Å². The van der Waals surface area contributed by atoms with E-state index >= 15 is 0 Å². The van der Waals surface area contributed by atoms with E-state index in [-0.39, 0.29) is 0 Å². The Morgan fingerprint density at radius 1 is 1.42 bits per heavy atom. The van der Waals surface area contributed by atoms with E-state index in [0.29, 0.717) is 15.6 Å². The lowest BCUT2D eigenvalue weighted by molar-refractivity contribution is 0.168. The fraction of sp³-hybridized carbons (Fsp3) is 0.167. The van der Waals surface area contributed by atoms with Crippen molar-refractivity contribution in [2.24, 2.45) is 0 Å². The molecule has 1 aromatic heterocycles. The third-order valence-electron chi connectivity index (χ3n) is 3.12. The second kappa shape index (κ2) is 4.48. The van der Waals surface area contributed by atoms with Crippen molar-refractivity contribution in [3.05, 3.63) is 45.6 Å². The molecular weight excluding hydrogens is 284 g/mol. The third-order valence-corrected chi connectivity index (χ3v) is 3.82. The molecule has 0 saturated carbocycles. The minimum atomic E-state index is -0.907. The van der Waals surface area contributed by atoms with E-state index < -0.39 is 6.23 Å². The number of aromatic nitrogens is 3. The van der Waals surface area contributed by atoms with E-state index in [0.717, 1.165) is 11.3 Å². The number of aliphatic hydroxyl groups is 1. The lowest BCUT2D eigenvalue weighted by Crippen LogP contribution is -2.29. The van der Waals surface area contributed by atoms with Crippen molar-refractivity contribution in [1.82, 2.24) is 14.8 Å². The van der Waals surface area contributed by atoms with Crippen LogP contribution in [0.4, 0.5) is 5.69 Å². The Balaban J connectivity index is 2.10. The standard InChI is InChI=1S/C12H11ClN4OS/c1-7-8(13)3-2-4-9(7)16-5-6-17-10(11(16)18)14-15-12(17)19/h2-6,11,18H,1H3,(H,15,19). The van der Waals surface area contributed by atoms with Crippen LogP contribution in [0.5, 0.6) is 0 Å². The van der Waals surface area contributed by atoms with Gasteiger partial charge in [0.05, 0.1) is 0 Å². The van der Waals surface area contributed by atoms with Crippen LogP contribution in [0, 0.1) is 11.7 Å². The quantitative estimate of drug-likeness (QED) is 0.794. The maximum atomic E-state index is 10.4. The molecule has 7 heteroatoms. The summed E-state index contributed by atoms with van der Waals surface area (Å²) in [5.41, 5.74) is 1.73. The fourth-order valence-electron chi connectivity index (χ4n) is 2.08. The number of halogens is 1. The molecule has 2 heterocycles. The van der Waals surface area contributed by atoms with Crippen molar-refractivity contribution < 1.29 is 5.11 Å². The molecule has 1 aliphatic heterocycles. The SMILES string of the molecule is Cc1c(Cl)cccc1N1C=Cn2c(n[nH]c2=S)C1O. The highest BCUT2D eigenvalue weighted by atomic mass is 35.5. The summed E-state index contributed by atoms with van der Waals surface area (Å²) in [6, 6.07) is 5.55. The molecule has 1 atom stereocenters. The molecule has 0 bridgehead atoms. The summed E-state index contributed by atoms with van der Waals surface area (Å²) >= 11 is 11.2. The number of nitrogens with zero attached hydrogens (tertiary/aromatic N) is 3. The topological polar surface area (TPSA) is 57.1 Å². The number of benzene rings is 1. The van der Waals surface area contributed by atoms with E-state index in [2.05, 4.69) is 10.2 Å². The average molecular weight is 295 g/mol. The largest absolute Gasteiger partial charge is 0.366 e. The van der Waals surface area contributed by atoms with Gasteiger partial charge in [-0.3, -0.25) is 9.67 Å². The smallest absolute Gasteiger partial charge is 0.199 e. The molecule has 0 saturated heterocycles. The van der Waals surface area contributed by atoms with Crippen molar-refractivity contribution in [3.8, 4) is 0 Å². The zero-order chi connectivity index (χ0) is 13.6. The number of aromatic amines is 1. The zero-order valence-electron chi connectivity index (χ0n) is 10.0. The van der Waals surface area contributed by atoms with E-state index in [1.54, 1.807) is 21.9 Å². The Bertz CT molecular complexity index is 721.